The van der Waals surface area contributed by atoms with Gasteiger partial charge in [0.25, 0.3) is 0 Å². The topological polar surface area (TPSA) is 58.4 Å². The maximum atomic E-state index is 11.5. The number of anilines is 1. The molecule has 116 valence electrons. The zero-order valence-corrected chi connectivity index (χ0v) is 14.4. The van der Waals surface area contributed by atoms with Gasteiger partial charge in [0, 0.05) is 29.8 Å². The quantitative estimate of drug-likeness (QED) is 0.773. The summed E-state index contributed by atoms with van der Waals surface area (Å²) in [5.41, 5.74) is 7.50. The standard InChI is InChI=1S/C16H24BrN3O/c1-3-7-19-10-12-4-5-13(9-14(12)17)20-8-6-16(2,11-20)15(18)21/h4-5,9,19H,3,6-8,10-11H2,1-2H3,(H2,18,21). The van der Waals surface area contributed by atoms with Gasteiger partial charge in [0.15, 0.2) is 0 Å². The minimum atomic E-state index is -0.409. The fraction of sp³-hybridized carbons (Fsp3) is 0.562. The molecule has 3 N–H and O–H groups in total. The Kier molecular flexibility index (Phi) is 5.27. The summed E-state index contributed by atoms with van der Waals surface area (Å²) in [4.78, 5) is 13.8. The van der Waals surface area contributed by atoms with Gasteiger partial charge in [0.05, 0.1) is 5.41 Å². The zero-order chi connectivity index (χ0) is 15.5. The van der Waals surface area contributed by atoms with E-state index in [2.05, 4.69) is 51.3 Å². The average molecular weight is 354 g/mol. The zero-order valence-electron chi connectivity index (χ0n) is 12.8. The highest BCUT2D eigenvalue weighted by molar-refractivity contribution is 9.10. The van der Waals surface area contributed by atoms with Crippen LogP contribution in [0.5, 0.6) is 0 Å². The number of rotatable bonds is 6. The molecule has 1 heterocycles. The van der Waals surface area contributed by atoms with Crippen molar-refractivity contribution >= 4 is 27.5 Å². The van der Waals surface area contributed by atoms with Crippen molar-refractivity contribution in [3.05, 3.63) is 28.2 Å². The van der Waals surface area contributed by atoms with E-state index >= 15 is 0 Å². The Hall–Kier alpha value is -1.07. The molecule has 0 aromatic heterocycles. The molecule has 0 bridgehead atoms. The summed E-state index contributed by atoms with van der Waals surface area (Å²) in [5, 5.41) is 3.40. The second-order valence-corrected chi connectivity index (χ2v) is 6.90. The second kappa shape index (κ2) is 6.79. The first-order valence-corrected chi connectivity index (χ1v) is 8.29. The molecule has 1 atom stereocenters. The number of nitrogens with one attached hydrogen (secondary N) is 1. The highest BCUT2D eigenvalue weighted by Gasteiger charge is 2.38. The van der Waals surface area contributed by atoms with Crippen LogP contribution in [0.4, 0.5) is 5.69 Å². The minimum Gasteiger partial charge on any atom is -0.370 e. The van der Waals surface area contributed by atoms with Gasteiger partial charge in [-0.25, -0.2) is 0 Å². The molecule has 5 heteroatoms. The fourth-order valence-electron chi connectivity index (χ4n) is 2.66. The summed E-state index contributed by atoms with van der Waals surface area (Å²) in [7, 11) is 0. The Morgan fingerprint density at radius 3 is 2.86 bits per heavy atom. The van der Waals surface area contributed by atoms with Gasteiger partial charge in [-0.3, -0.25) is 4.79 Å². The monoisotopic (exact) mass is 353 g/mol. The third kappa shape index (κ3) is 3.77. The molecule has 1 unspecified atom stereocenters. The van der Waals surface area contributed by atoms with Crippen LogP contribution in [0.15, 0.2) is 22.7 Å². The van der Waals surface area contributed by atoms with Crippen molar-refractivity contribution in [1.82, 2.24) is 5.32 Å². The third-order valence-corrected chi connectivity index (χ3v) is 4.95. The van der Waals surface area contributed by atoms with Crippen molar-refractivity contribution in [2.75, 3.05) is 24.5 Å². The van der Waals surface area contributed by atoms with Crippen molar-refractivity contribution in [1.29, 1.82) is 0 Å². The van der Waals surface area contributed by atoms with Gasteiger partial charge >= 0.3 is 0 Å². The lowest BCUT2D eigenvalue weighted by atomic mass is 9.89. The van der Waals surface area contributed by atoms with Crippen LogP contribution in [0, 0.1) is 5.41 Å². The van der Waals surface area contributed by atoms with Gasteiger partial charge in [-0.2, -0.15) is 0 Å². The number of hydrogen-bond donors (Lipinski definition) is 2. The first-order chi connectivity index (χ1) is 9.96. The van der Waals surface area contributed by atoms with Crippen LogP contribution in [0.2, 0.25) is 0 Å². The van der Waals surface area contributed by atoms with Crippen molar-refractivity contribution in [3.63, 3.8) is 0 Å². The molecular formula is C16H24BrN3O. The number of amides is 1. The molecule has 1 aromatic carbocycles. The minimum absolute atomic E-state index is 0.204. The van der Waals surface area contributed by atoms with E-state index in [4.69, 9.17) is 5.73 Å². The summed E-state index contributed by atoms with van der Waals surface area (Å²) >= 11 is 3.65. The van der Waals surface area contributed by atoms with E-state index < -0.39 is 5.41 Å². The number of carbonyl (C=O) groups is 1. The maximum Gasteiger partial charge on any atom is 0.225 e. The van der Waals surface area contributed by atoms with Crippen LogP contribution in [-0.2, 0) is 11.3 Å². The Morgan fingerprint density at radius 2 is 2.29 bits per heavy atom. The smallest absolute Gasteiger partial charge is 0.225 e. The number of primary amides is 1. The van der Waals surface area contributed by atoms with E-state index in [0.29, 0.717) is 6.54 Å². The Balaban J connectivity index is 2.05. The summed E-state index contributed by atoms with van der Waals surface area (Å²) in [6, 6.07) is 6.40. The molecule has 1 fully saturated rings. The van der Waals surface area contributed by atoms with Gasteiger partial charge in [-0.05, 0) is 44.0 Å². The summed E-state index contributed by atoms with van der Waals surface area (Å²) < 4.78 is 1.11. The number of hydrogen-bond acceptors (Lipinski definition) is 3. The molecule has 0 aliphatic carbocycles. The highest BCUT2D eigenvalue weighted by atomic mass is 79.9. The average Bonchev–Trinajstić information content (AvgIpc) is 2.85. The lowest BCUT2D eigenvalue weighted by Crippen LogP contribution is -2.37. The lowest BCUT2D eigenvalue weighted by Gasteiger charge is -2.23. The van der Waals surface area contributed by atoms with E-state index in [1.165, 1.54) is 5.56 Å². The SMILES string of the molecule is CCCNCc1ccc(N2CCC(C)(C(N)=O)C2)cc1Br. The molecule has 1 aromatic rings. The molecule has 21 heavy (non-hydrogen) atoms. The normalized spacial score (nSPS) is 21.8. The van der Waals surface area contributed by atoms with E-state index in [0.717, 1.165) is 42.6 Å². The van der Waals surface area contributed by atoms with Crippen LogP contribution in [-0.4, -0.2) is 25.5 Å². The number of benzene rings is 1. The maximum absolute atomic E-state index is 11.5. The predicted octanol–water partition coefficient (Wildman–Crippen LogP) is 2.65. The Morgan fingerprint density at radius 1 is 1.52 bits per heavy atom. The predicted molar refractivity (Wildman–Crippen MR) is 90.3 cm³/mol. The third-order valence-electron chi connectivity index (χ3n) is 4.21. The molecule has 1 saturated heterocycles. The van der Waals surface area contributed by atoms with E-state index in [1.807, 2.05) is 6.92 Å². The van der Waals surface area contributed by atoms with Crippen molar-refractivity contribution in [2.24, 2.45) is 11.1 Å². The lowest BCUT2D eigenvalue weighted by molar-refractivity contribution is -0.125. The summed E-state index contributed by atoms with van der Waals surface area (Å²) in [5.74, 6) is -0.204. The Labute approximate surface area is 135 Å². The van der Waals surface area contributed by atoms with Crippen LogP contribution in [0.1, 0.15) is 32.3 Å². The molecule has 1 amide bonds. The molecule has 2 rings (SSSR count). The van der Waals surface area contributed by atoms with E-state index in [-0.39, 0.29) is 5.91 Å². The first-order valence-electron chi connectivity index (χ1n) is 7.50. The van der Waals surface area contributed by atoms with Crippen molar-refractivity contribution in [2.45, 2.75) is 33.2 Å². The van der Waals surface area contributed by atoms with Crippen LogP contribution in [0.3, 0.4) is 0 Å². The highest BCUT2D eigenvalue weighted by Crippen LogP contribution is 2.34. The molecule has 1 aliphatic rings. The second-order valence-electron chi connectivity index (χ2n) is 6.05. The Bertz CT molecular complexity index is 520. The van der Waals surface area contributed by atoms with E-state index in [9.17, 15) is 4.79 Å². The molecular weight excluding hydrogens is 330 g/mol. The molecule has 0 radical (unpaired) electrons. The van der Waals surface area contributed by atoms with Crippen molar-refractivity contribution < 1.29 is 4.79 Å². The fourth-order valence-corrected chi connectivity index (χ4v) is 3.17. The van der Waals surface area contributed by atoms with Crippen LogP contribution in [0.25, 0.3) is 0 Å². The molecule has 0 saturated carbocycles. The summed E-state index contributed by atoms with van der Waals surface area (Å²) in [6.07, 6.45) is 1.95. The van der Waals surface area contributed by atoms with Crippen molar-refractivity contribution in [3.8, 4) is 0 Å². The molecule has 1 aliphatic heterocycles. The largest absolute Gasteiger partial charge is 0.370 e. The van der Waals surface area contributed by atoms with Gasteiger partial charge < -0.3 is 16.0 Å². The number of nitrogens with two attached hydrogens (primary N) is 1. The van der Waals surface area contributed by atoms with E-state index in [1.54, 1.807) is 0 Å². The van der Waals surface area contributed by atoms with Gasteiger partial charge in [0.1, 0.15) is 0 Å². The molecule has 0 spiro atoms. The molecule has 4 nitrogen and oxygen atoms in total. The van der Waals surface area contributed by atoms with Gasteiger partial charge in [-0.1, -0.05) is 28.9 Å². The van der Waals surface area contributed by atoms with Crippen LogP contribution >= 0.6 is 15.9 Å². The number of halogens is 1. The number of carbonyl (C=O) groups excluding carboxylic acids is 1. The van der Waals surface area contributed by atoms with Gasteiger partial charge in [0.2, 0.25) is 5.91 Å². The van der Waals surface area contributed by atoms with Crippen LogP contribution < -0.4 is 16.0 Å². The number of nitrogens with zero attached hydrogens (tertiary/aromatic N) is 1. The first kappa shape index (κ1) is 16.3. The summed E-state index contributed by atoms with van der Waals surface area (Å²) in [6.45, 7) is 7.58. The van der Waals surface area contributed by atoms with Gasteiger partial charge in [-0.15, -0.1) is 0 Å².